The minimum absolute atomic E-state index is 0.00335. The van der Waals surface area contributed by atoms with Crippen LogP contribution in [0.3, 0.4) is 0 Å². The first-order valence-corrected chi connectivity index (χ1v) is 10.9. The number of urea groups is 1. The second-order valence-electron chi connectivity index (χ2n) is 7.59. The summed E-state index contributed by atoms with van der Waals surface area (Å²) in [6, 6.07) is 6.66. The Morgan fingerprint density at radius 3 is 2.56 bits per heavy atom. The number of benzene rings is 2. The first-order valence-electron chi connectivity index (χ1n) is 10.6. The minimum Gasteiger partial charge on any atom is -0.331 e. The van der Waals surface area contributed by atoms with Gasteiger partial charge in [0.15, 0.2) is 11.6 Å². The van der Waals surface area contributed by atoms with Crippen LogP contribution in [-0.4, -0.2) is 45.5 Å². The van der Waals surface area contributed by atoms with E-state index in [1.807, 2.05) is 0 Å². The van der Waals surface area contributed by atoms with Crippen molar-refractivity contribution >= 4 is 28.5 Å². The quantitative estimate of drug-likeness (QED) is 0.359. The maximum Gasteiger partial charge on any atom is 0.315 e. The third kappa shape index (κ3) is 4.68. The molecule has 3 heterocycles. The molecule has 0 saturated carbocycles. The summed E-state index contributed by atoms with van der Waals surface area (Å²) in [7, 11) is 0. The van der Waals surface area contributed by atoms with Crippen LogP contribution in [0.5, 0.6) is 0 Å². The number of aromatic nitrogens is 8. The Bertz CT molecular complexity index is 1580. The van der Waals surface area contributed by atoms with Crippen LogP contribution < -0.4 is 10.6 Å². The van der Waals surface area contributed by atoms with Crippen molar-refractivity contribution < 1.29 is 13.6 Å². The maximum atomic E-state index is 14.5. The van der Waals surface area contributed by atoms with E-state index >= 15 is 0 Å². The number of rotatable bonds is 6. The van der Waals surface area contributed by atoms with Crippen LogP contribution in [0.15, 0.2) is 49.2 Å². The predicted molar refractivity (Wildman–Crippen MR) is 125 cm³/mol. The Morgan fingerprint density at radius 1 is 0.972 bits per heavy atom. The number of carbonyl (C=O) groups excluding carboxylic acids is 1. The Labute approximate surface area is 207 Å². The molecule has 182 valence electrons. The summed E-state index contributed by atoms with van der Waals surface area (Å²) in [6.07, 6.45) is 4.01. The van der Waals surface area contributed by atoms with E-state index < -0.39 is 17.7 Å². The summed E-state index contributed by atoms with van der Waals surface area (Å²) < 4.78 is 31.2. The first kappa shape index (κ1) is 23.2. The van der Waals surface area contributed by atoms with Crippen LogP contribution in [0.4, 0.5) is 13.6 Å². The molecule has 0 aliphatic rings. The van der Waals surface area contributed by atoms with E-state index in [0.717, 1.165) is 0 Å². The fraction of sp³-hybridized carbons (Fsp3) is 0.136. The highest BCUT2D eigenvalue weighted by atomic mass is 35.5. The molecule has 0 radical (unpaired) electrons. The molecule has 5 rings (SSSR count). The predicted octanol–water partition coefficient (Wildman–Crippen LogP) is 3.03. The van der Waals surface area contributed by atoms with Gasteiger partial charge in [-0.25, -0.2) is 42.9 Å². The first-order chi connectivity index (χ1) is 17.4. The van der Waals surface area contributed by atoms with Gasteiger partial charge in [-0.2, -0.15) is 10.2 Å². The number of nitrogens with zero attached hydrogens (tertiary/aromatic N) is 8. The van der Waals surface area contributed by atoms with Gasteiger partial charge in [-0.05, 0) is 25.1 Å². The number of aryl methyl sites for hydroxylation is 1. The van der Waals surface area contributed by atoms with Crippen molar-refractivity contribution in [3.05, 3.63) is 83.3 Å². The highest BCUT2D eigenvalue weighted by Gasteiger charge is 2.15. The number of halogens is 3. The molecule has 0 aliphatic carbocycles. The number of hydrogen-bond donors (Lipinski definition) is 2. The van der Waals surface area contributed by atoms with E-state index in [1.54, 1.807) is 19.1 Å². The van der Waals surface area contributed by atoms with Crippen molar-refractivity contribution in [2.24, 2.45) is 0 Å². The molecule has 2 aromatic carbocycles. The van der Waals surface area contributed by atoms with Crippen LogP contribution in [0.25, 0.3) is 22.3 Å². The lowest BCUT2D eigenvalue weighted by molar-refractivity contribution is 0.239. The minimum atomic E-state index is -0.596. The topological polar surface area (TPSA) is 128 Å². The number of nitrogens with one attached hydrogen (secondary N) is 2. The van der Waals surface area contributed by atoms with Gasteiger partial charge < -0.3 is 10.6 Å². The number of carbonyl (C=O) groups is 1. The molecular formula is C22H17ClF2N10O. The summed E-state index contributed by atoms with van der Waals surface area (Å²) in [6.45, 7) is 1.70. The highest BCUT2D eigenvalue weighted by molar-refractivity contribution is 6.30. The van der Waals surface area contributed by atoms with Gasteiger partial charge >= 0.3 is 6.03 Å². The van der Waals surface area contributed by atoms with E-state index in [4.69, 9.17) is 11.6 Å². The third-order valence-corrected chi connectivity index (χ3v) is 5.47. The second-order valence-corrected chi connectivity index (χ2v) is 8.00. The van der Waals surface area contributed by atoms with Crippen LogP contribution in [-0.2, 0) is 13.1 Å². The van der Waals surface area contributed by atoms with Gasteiger partial charge in [0.25, 0.3) is 0 Å². The zero-order valence-electron chi connectivity index (χ0n) is 18.7. The van der Waals surface area contributed by atoms with E-state index in [2.05, 4.69) is 40.8 Å². The lowest BCUT2D eigenvalue weighted by Gasteiger charge is -2.10. The van der Waals surface area contributed by atoms with Gasteiger partial charge in [0.05, 0.1) is 40.4 Å². The highest BCUT2D eigenvalue weighted by Crippen LogP contribution is 2.21. The Kier molecular flexibility index (Phi) is 6.21. The normalized spacial score (nSPS) is 11.1. The Hall–Kier alpha value is -4.52. The zero-order chi connectivity index (χ0) is 25.2. The lowest BCUT2D eigenvalue weighted by Crippen LogP contribution is -2.36. The van der Waals surface area contributed by atoms with Crippen molar-refractivity contribution in [2.45, 2.75) is 20.0 Å². The molecule has 0 bridgehead atoms. The van der Waals surface area contributed by atoms with Gasteiger partial charge in [0.1, 0.15) is 30.1 Å². The smallest absolute Gasteiger partial charge is 0.315 e. The molecule has 0 atom stereocenters. The monoisotopic (exact) mass is 510 g/mol. The van der Waals surface area contributed by atoms with Crippen LogP contribution in [0.1, 0.15) is 17.5 Å². The summed E-state index contributed by atoms with van der Waals surface area (Å²) in [5.41, 5.74) is 1.22. The lowest BCUT2D eigenvalue weighted by atomic mass is 10.2. The molecule has 0 aliphatic heterocycles. The molecule has 3 aromatic heterocycles. The molecule has 2 N–H and O–H groups in total. The zero-order valence-corrected chi connectivity index (χ0v) is 19.4. The molecular weight excluding hydrogens is 494 g/mol. The molecule has 11 nitrogen and oxygen atoms in total. The van der Waals surface area contributed by atoms with Crippen LogP contribution in [0.2, 0.25) is 5.02 Å². The number of amides is 2. The summed E-state index contributed by atoms with van der Waals surface area (Å²) in [5.74, 6) is 0.107. The molecule has 0 fully saturated rings. The van der Waals surface area contributed by atoms with E-state index in [0.29, 0.717) is 34.4 Å². The van der Waals surface area contributed by atoms with Crippen molar-refractivity contribution in [3.63, 3.8) is 0 Å². The fourth-order valence-electron chi connectivity index (χ4n) is 3.53. The van der Waals surface area contributed by atoms with Gasteiger partial charge in [-0.1, -0.05) is 11.6 Å². The molecule has 5 aromatic rings. The summed E-state index contributed by atoms with van der Waals surface area (Å²) in [4.78, 5) is 28.8. The van der Waals surface area contributed by atoms with Gasteiger partial charge in [-0.3, -0.25) is 0 Å². The van der Waals surface area contributed by atoms with Gasteiger partial charge in [0, 0.05) is 18.3 Å². The van der Waals surface area contributed by atoms with Crippen molar-refractivity contribution in [3.8, 4) is 11.4 Å². The molecule has 36 heavy (non-hydrogen) atoms. The molecule has 0 saturated heterocycles. The Morgan fingerprint density at radius 2 is 1.75 bits per heavy atom. The van der Waals surface area contributed by atoms with Crippen molar-refractivity contribution in [2.75, 3.05) is 0 Å². The summed E-state index contributed by atoms with van der Waals surface area (Å²) >= 11 is 5.76. The standard InChI is InChI=1S/C22H17ClF2N10O/c1-12-32-21(35(33-12)13-2-3-16(23)18(25)4-13)9-28-22(36)27-8-20-30-11-31-34(20)14-5-17(24)15-7-26-10-29-19(15)6-14/h2-7,10-11H,8-9H2,1H3,(H2,27,28,36). The largest absolute Gasteiger partial charge is 0.331 e. The van der Waals surface area contributed by atoms with E-state index in [9.17, 15) is 13.6 Å². The average Bonchev–Trinajstić information content (AvgIpc) is 3.49. The second kappa shape index (κ2) is 9.62. The van der Waals surface area contributed by atoms with Crippen LogP contribution in [0, 0.1) is 18.6 Å². The SMILES string of the molecule is Cc1nc(CNC(=O)NCc2ncnn2-c2cc(F)c3cncnc3c2)n(-c2ccc(Cl)c(F)c2)n1. The van der Waals surface area contributed by atoms with Gasteiger partial charge in [-0.15, -0.1) is 0 Å². The number of fused-ring (bicyclic) bond motifs is 1. The fourth-order valence-corrected chi connectivity index (χ4v) is 3.65. The van der Waals surface area contributed by atoms with Gasteiger partial charge in [0.2, 0.25) is 0 Å². The molecule has 14 heteroatoms. The van der Waals surface area contributed by atoms with Crippen molar-refractivity contribution in [1.29, 1.82) is 0 Å². The molecule has 2 amide bonds. The van der Waals surface area contributed by atoms with E-state index in [1.165, 1.54) is 46.4 Å². The Balaban J connectivity index is 1.26. The van der Waals surface area contributed by atoms with Crippen molar-refractivity contribution in [1.82, 2.24) is 50.1 Å². The third-order valence-electron chi connectivity index (χ3n) is 5.16. The summed E-state index contributed by atoms with van der Waals surface area (Å²) in [5, 5.41) is 14.0. The maximum absolute atomic E-state index is 14.5. The van der Waals surface area contributed by atoms with E-state index in [-0.39, 0.29) is 23.5 Å². The number of hydrogen-bond acceptors (Lipinski definition) is 7. The molecule has 0 unspecified atom stereocenters. The average molecular weight is 511 g/mol. The van der Waals surface area contributed by atoms with Crippen LogP contribution >= 0.6 is 11.6 Å². The molecule has 0 spiro atoms.